The lowest BCUT2D eigenvalue weighted by Gasteiger charge is -2.26. The standard InChI is InChI=1S/C14H17NO3/c1-10-9-11(3-4-13(10)18-2)14(17)15-7-5-12(16)6-8-15/h3-4,9H,5-8H2,1-2H3. The van der Waals surface area contributed by atoms with E-state index in [4.69, 9.17) is 4.74 Å². The van der Waals surface area contributed by atoms with Gasteiger partial charge in [-0.15, -0.1) is 0 Å². The predicted octanol–water partition coefficient (Wildman–Crippen LogP) is 1.81. The average Bonchev–Trinajstić information content (AvgIpc) is 2.38. The fraction of sp³-hybridized carbons (Fsp3) is 0.429. The number of Topliss-reactive ketones (excluding diaryl/α,β-unsaturated/α-hetero) is 1. The monoisotopic (exact) mass is 247 g/mol. The quantitative estimate of drug-likeness (QED) is 0.800. The number of benzene rings is 1. The lowest BCUT2D eigenvalue weighted by atomic mass is 10.1. The zero-order valence-electron chi connectivity index (χ0n) is 10.7. The van der Waals surface area contributed by atoms with Gasteiger partial charge in [0.2, 0.25) is 0 Å². The molecular weight excluding hydrogens is 230 g/mol. The molecule has 0 bridgehead atoms. The van der Waals surface area contributed by atoms with Gasteiger partial charge in [-0.2, -0.15) is 0 Å². The highest BCUT2D eigenvalue weighted by Gasteiger charge is 2.22. The van der Waals surface area contributed by atoms with Crippen LogP contribution in [-0.4, -0.2) is 36.8 Å². The average molecular weight is 247 g/mol. The summed E-state index contributed by atoms with van der Waals surface area (Å²) in [5.74, 6) is 1.01. The minimum absolute atomic E-state index is 0.00625. The topological polar surface area (TPSA) is 46.6 Å². The highest BCUT2D eigenvalue weighted by atomic mass is 16.5. The van der Waals surface area contributed by atoms with E-state index in [9.17, 15) is 9.59 Å². The number of methoxy groups -OCH3 is 1. The van der Waals surface area contributed by atoms with Crippen molar-refractivity contribution in [3.8, 4) is 5.75 Å². The number of piperidine rings is 1. The Bertz CT molecular complexity index is 472. The largest absolute Gasteiger partial charge is 0.496 e. The van der Waals surface area contributed by atoms with Crippen LogP contribution in [-0.2, 0) is 4.79 Å². The molecule has 0 saturated carbocycles. The van der Waals surface area contributed by atoms with Gasteiger partial charge in [0.25, 0.3) is 5.91 Å². The molecule has 96 valence electrons. The Balaban J connectivity index is 2.13. The molecule has 1 aliphatic rings. The van der Waals surface area contributed by atoms with E-state index in [0.29, 0.717) is 31.5 Å². The number of ether oxygens (including phenoxy) is 1. The summed E-state index contributed by atoms with van der Waals surface area (Å²) in [4.78, 5) is 25.1. The number of carbonyl (C=O) groups is 2. The van der Waals surface area contributed by atoms with Crippen LogP contribution >= 0.6 is 0 Å². The summed E-state index contributed by atoms with van der Waals surface area (Å²) in [5.41, 5.74) is 1.60. The Morgan fingerprint density at radius 2 is 1.94 bits per heavy atom. The summed E-state index contributed by atoms with van der Waals surface area (Å²) in [6.45, 7) is 2.97. The maximum atomic E-state index is 12.2. The lowest BCUT2D eigenvalue weighted by molar-refractivity contribution is -0.120. The van der Waals surface area contributed by atoms with Crippen LogP contribution in [0.4, 0.5) is 0 Å². The molecule has 1 amide bonds. The smallest absolute Gasteiger partial charge is 0.253 e. The van der Waals surface area contributed by atoms with Crippen LogP contribution in [0.5, 0.6) is 5.75 Å². The summed E-state index contributed by atoms with van der Waals surface area (Å²) < 4.78 is 5.17. The minimum Gasteiger partial charge on any atom is -0.496 e. The van der Waals surface area contributed by atoms with Crippen LogP contribution in [0, 0.1) is 6.92 Å². The number of rotatable bonds is 2. The van der Waals surface area contributed by atoms with Gasteiger partial charge in [0.1, 0.15) is 11.5 Å². The number of hydrogen-bond donors (Lipinski definition) is 0. The number of likely N-dealkylation sites (tertiary alicyclic amines) is 1. The molecule has 1 saturated heterocycles. The third-order valence-electron chi connectivity index (χ3n) is 3.25. The van der Waals surface area contributed by atoms with Crippen molar-refractivity contribution in [2.75, 3.05) is 20.2 Å². The molecule has 1 fully saturated rings. The van der Waals surface area contributed by atoms with E-state index in [1.54, 1.807) is 24.1 Å². The van der Waals surface area contributed by atoms with E-state index in [0.717, 1.165) is 11.3 Å². The second-order valence-electron chi connectivity index (χ2n) is 4.52. The molecule has 4 heteroatoms. The number of amides is 1. The normalized spacial score (nSPS) is 15.7. The SMILES string of the molecule is COc1ccc(C(=O)N2CCC(=O)CC2)cc1C. The molecule has 0 aliphatic carbocycles. The number of aryl methyl sites for hydroxylation is 1. The van der Waals surface area contributed by atoms with Crippen molar-refractivity contribution in [2.24, 2.45) is 0 Å². The van der Waals surface area contributed by atoms with Gasteiger partial charge in [-0.3, -0.25) is 9.59 Å². The van der Waals surface area contributed by atoms with Crippen molar-refractivity contribution >= 4 is 11.7 Å². The Morgan fingerprint density at radius 1 is 1.28 bits per heavy atom. The number of hydrogen-bond acceptors (Lipinski definition) is 3. The number of ketones is 1. The van der Waals surface area contributed by atoms with Gasteiger partial charge in [-0.05, 0) is 30.7 Å². The zero-order chi connectivity index (χ0) is 13.1. The Morgan fingerprint density at radius 3 is 2.50 bits per heavy atom. The van der Waals surface area contributed by atoms with Gasteiger partial charge < -0.3 is 9.64 Å². The van der Waals surface area contributed by atoms with Gasteiger partial charge in [0.05, 0.1) is 7.11 Å². The van der Waals surface area contributed by atoms with E-state index in [1.807, 2.05) is 13.0 Å². The van der Waals surface area contributed by atoms with Crippen molar-refractivity contribution in [1.82, 2.24) is 4.90 Å². The second kappa shape index (κ2) is 5.21. The number of nitrogens with zero attached hydrogens (tertiary/aromatic N) is 1. The third-order valence-corrected chi connectivity index (χ3v) is 3.25. The molecule has 1 aromatic rings. The minimum atomic E-state index is -0.00625. The summed E-state index contributed by atoms with van der Waals surface area (Å²) >= 11 is 0. The second-order valence-corrected chi connectivity index (χ2v) is 4.52. The first kappa shape index (κ1) is 12.6. The predicted molar refractivity (Wildman–Crippen MR) is 67.9 cm³/mol. The molecule has 2 rings (SSSR count). The van der Waals surface area contributed by atoms with Crippen LogP contribution in [0.3, 0.4) is 0 Å². The van der Waals surface area contributed by atoms with Crippen molar-refractivity contribution in [3.05, 3.63) is 29.3 Å². The number of carbonyl (C=O) groups excluding carboxylic acids is 2. The van der Waals surface area contributed by atoms with Gasteiger partial charge >= 0.3 is 0 Å². The van der Waals surface area contributed by atoms with Crippen LogP contribution in [0.2, 0.25) is 0 Å². The van der Waals surface area contributed by atoms with E-state index >= 15 is 0 Å². The molecule has 18 heavy (non-hydrogen) atoms. The zero-order valence-corrected chi connectivity index (χ0v) is 10.7. The van der Waals surface area contributed by atoms with Gasteiger partial charge in [0, 0.05) is 31.5 Å². The fourth-order valence-electron chi connectivity index (χ4n) is 2.15. The van der Waals surface area contributed by atoms with Gasteiger partial charge in [-0.25, -0.2) is 0 Å². The molecule has 1 aliphatic heterocycles. The first-order chi connectivity index (χ1) is 8.61. The molecular formula is C14H17NO3. The highest BCUT2D eigenvalue weighted by molar-refractivity contribution is 5.95. The first-order valence-corrected chi connectivity index (χ1v) is 6.07. The Hall–Kier alpha value is -1.84. The molecule has 0 atom stereocenters. The van der Waals surface area contributed by atoms with Crippen molar-refractivity contribution in [3.63, 3.8) is 0 Å². The van der Waals surface area contributed by atoms with E-state index < -0.39 is 0 Å². The first-order valence-electron chi connectivity index (χ1n) is 6.07. The van der Waals surface area contributed by atoms with Crippen molar-refractivity contribution < 1.29 is 14.3 Å². The maximum absolute atomic E-state index is 12.2. The summed E-state index contributed by atoms with van der Waals surface area (Å²) in [6, 6.07) is 5.40. The van der Waals surface area contributed by atoms with Crippen LogP contribution in [0.1, 0.15) is 28.8 Å². The highest BCUT2D eigenvalue weighted by Crippen LogP contribution is 2.20. The van der Waals surface area contributed by atoms with Gasteiger partial charge in [-0.1, -0.05) is 0 Å². The molecule has 0 radical (unpaired) electrons. The van der Waals surface area contributed by atoms with Crippen LogP contribution < -0.4 is 4.74 Å². The van der Waals surface area contributed by atoms with Crippen molar-refractivity contribution in [1.29, 1.82) is 0 Å². The Kier molecular flexibility index (Phi) is 3.65. The molecule has 1 aromatic carbocycles. The van der Waals surface area contributed by atoms with E-state index in [-0.39, 0.29) is 11.7 Å². The fourth-order valence-corrected chi connectivity index (χ4v) is 2.15. The van der Waals surface area contributed by atoms with Gasteiger partial charge in [0.15, 0.2) is 0 Å². The summed E-state index contributed by atoms with van der Waals surface area (Å²) in [5, 5.41) is 0. The molecule has 0 N–H and O–H groups in total. The summed E-state index contributed by atoms with van der Waals surface area (Å²) in [7, 11) is 1.61. The van der Waals surface area contributed by atoms with Crippen LogP contribution in [0.15, 0.2) is 18.2 Å². The van der Waals surface area contributed by atoms with Crippen LogP contribution in [0.25, 0.3) is 0 Å². The van der Waals surface area contributed by atoms with E-state index in [2.05, 4.69) is 0 Å². The Labute approximate surface area is 107 Å². The summed E-state index contributed by atoms with van der Waals surface area (Å²) in [6.07, 6.45) is 0.946. The third kappa shape index (κ3) is 2.53. The molecule has 4 nitrogen and oxygen atoms in total. The lowest BCUT2D eigenvalue weighted by Crippen LogP contribution is -2.38. The van der Waals surface area contributed by atoms with E-state index in [1.165, 1.54) is 0 Å². The maximum Gasteiger partial charge on any atom is 0.253 e. The molecule has 0 unspecified atom stereocenters. The molecule has 0 aromatic heterocycles. The molecule has 0 spiro atoms. The van der Waals surface area contributed by atoms with Crippen molar-refractivity contribution in [2.45, 2.75) is 19.8 Å². The molecule has 1 heterocycles.